The van der Waals surface area contributed by atoms with Crippen LogP contribution in [0.2, 0.25) is 0 Å². The predicted octanol–water partition coefficient (Wildman–Crippen LogP) is 12.5. The number of aryl methyl sites for hydroxylation is 2. The molecule has 3 aliphatic rings. The van der Waals surface area contributed by atoms with Crippen LogP contribution in [0.3, 0.4) is 0 Å². The van der Waals surface area contributed by atoms with E-state index in [-0.39, 0.29) is 17.7 Å². The minimum absolute atomic E-state index is 0.0485. The van der Waals surface area contributed by atoms with E-state index in [2.05, 4.69) is 192 Å². The highest BCUT2D eigenvalue weighted by molar-refractivity contribution is 6.93. The third-order valence-electron chi connectivity index (χ3n) is 12.8. The van der Waals surface area contributed by atoms with Crippen molar-refractivity contribution in [1.29, 1.82) is 0 Å². The van der Waals surface area contributed by atoms with Crippen molar-refractivity contribution in [1.82, 2.24) is 0 Å². The van der Waals surface area contributed by atoms with Crippen molar-refractivity contribution < 1.29 is 4.42 Å². The van der Waals surface area contributed by atoms with Crippen LogP contribution in [0.25, 0.3) is 44.2 Å². The number of rotatable bonds is 2. The second kappa shape index (κ2) is 11.0. The number of furan rings is 1. The first-order chi connectivity index (χ1) is 26.5. The molecule has 4 heteroatoms. The Morgan fingerprint density at radius 2 is 1.31 bits per heavy atom. The zero-order valence-electron chi connectivity index (χ0n) is 32.6. The fraction of sp³-hybridized carbons (Fsp3) is 0.176. The normalized spacial score (nSPS) is 14.9. The van der Waals surface area contributed by atoms with Crippen molar-refractivity contribution in [2.75, 3.05) is 9.71 Å². The summed E-state index contributed by atoms with van der Waals surface area (Å²) in [5.41, 5.74) is 22.1. The van der Waals surface area contributed by atoms with Crippen molar-refractivity contribution in [2.24, 2.45) is 0 Å². The minimum Gasteiger partial charge on any atom is -0.456 e. The summed E-state index contributed by atoms with van der Waals surface area (Å²) in [5, 5.41) is 2.28. The summed E-state index contributed by atoms with van der Waals surface area (Å²) in [7, 11) is 0. The van der Waals surface area contributed by atoms with Crippen LogP contribution in [0.5, 0.6) is 0 Å². The Morgan fingerprint density at radius 3 is 2.09 bits per heavy atom. The lowest BCUT2D eigenvalue weighted by atomic mass is 9.42. The number of para-hydroxylation sites is 3. The Hall–Kier alpha value is -6.00. The number of hydrogen-bond donors (Lipinski definition) is 0. The van der Waals surface area contributed by atoms with Gasteiger partial charge in [0.2, 0.25) is 0 Å². The smallest absolute Gasteiger partial charge is 0.333 e. The summed E-state index contributed by atoms with van der Waals surface area (Å²) in [5.74, 6) is 0. The summed E-state index contributed by atoms with van der Waals surface area (Å²) < 4.78 is 6.64. The summed E-state index contributed by atoms with van der Waals surface area (Å²) >= 11 is 0. The second-order valence-corrected chi connectivity index (χ2v) is 17.5. The fourth-order valence-corrected chi connectivity index (χ4v) is 10.1. The molecule has 55 heavy (non-hydrogen) atoms. The summed E-state index contributed by atoms with van der Waals surface area (Å²) in [4.78, 5) is 5.23. The number of anilines is 5. The van der Waals surface area contributed by atoms with Gasteiger partial charge in [0, 0.05) is 44.5 Å². The largest absolute Gasteiger partial charge is 0.456 e. The van der Waals surface area contributed by atoms with Crippen LogP contribution in [0.15, 0.2) is 138 Å². The van der Waals surface area contributed by atoms with E-state index < -0.39 is 0 Å². The molecule has 4 heterocycles. The van der Waals surface area contributed by atoms with Gasteiger partial charge in [-0.15, -0.1) is 0 Å². The molecule has 0 fully saturated rings. The van der Waals surface area contributed by atoms with Gasteiger partial charge in [-0.2, -0.15) is 0 Å². The molecule has 3 aliphatic heterocycles. The maximum absolute atomic E-state index is 6.64. The summed E-state index contributed by atoms with van der Waals surface area (Å²) in [6.45, 7) is 16.1. The van der Waals surface area contributed by atoms with Crippen molar-refractivity contribution in [2.45, 2.75) is 59.3 Å². The molecule has 0 N–H and O–H groups in total. The van der Waals surface area contributed by atoms with Crippen molar-refractivity contribution in [3.8, 4) is 22.3 Å². The van der Waals surface area contributed by atoms with Crippen molar-refractivity contribution >= 4 is 68.1 Å². The van der Waals surface area contributed by atoms with Crippen molar-refractivity contribution in [3.05, 3.63) is 161 Å². The Kier molecular flexibility index (Phi) is 6.51. The Balaban J connectivity index is 1.31. The highest BCUT2D eigenvalue weighted by Gasteiger charge is 2.49. The van der Waals surface area contributed by atoms with Crippen LogP contribution in [0.1, 0.15) is 62.4 Å². The van der Waals surface area contributed by atoms with Crippen LogP contribution >= 0.6 is 0 Å². The van der Waals surface area contributed by atoms with Gasteiger partial charge in [0.1, 0.15) is 11.2 Å². The van der Waals surface area contributed by atoms with E-state index in [1.807, 2.05) is 0 Å². The van der Waals surface area contributed by atoms with E-state index in [0.717, 1.165) is 21.9 Å². The summed E-state index contributed by atoms with van der Waals surface area (Å²) in [6.07, 6.45) is 0. The topological polar surface area (TPSA) is 19.6 Å². The standard InChI is InChI=1S/C51H43BN2O/c1-30-14-12-15-31(2)47(30)32-26-38-36-29-46-37(35-16-8-11-21-45(35)55-46)28-43(36)54(34-24-22-33(23-25-34)50(3,4)5)52-41-19-13-18-40-49(41)53(44(27-32)48(38)52)42-20-10-9-17-39(42)51(40,6)7/h8-29H,1-7H3. The minimum atomic E-state index is -0.184. The third kappa shape index (κ3) is 4.40. The Labute approximate surface area is 324 Å². The van der Waals surface area contributed by atoms with E-state index in [1.54, 1.807) is 0 Å². The molecule has 0 radical (unpaired) electrons. The lowest BCUT2D eigenvalue weighted by Crippen LogP contribution is -2.62. The maximum atomic E-state index is 6.64. The molecule has 0 spiro atoms. The van der Waals surface area contributed by atoms with Crippen LogP contribution in [-0.2, 0) is 10.8 Å². The molecular weight excluding hydrogens is 667 g/mol. The predicted molar refractivity (Wildman–Crippen MR) is 233 cm³/mol. The van der Waals surface area contributed by atoms with Gasteiger partial charge in [-0.1, -0.05) is 120 Å². The molecule has 7 aromatic carbocycles. The highest BCUT2D eigenvalue weighted by atomic mass is 16.3. The summed E-state index contributed by atoms with van der Waals surface area (Å²) in [6, 6.07) is 50.3. The fourth-order valence-electron chi connectivity index (χ4n) is 10.1. The molecule has 0 saturated heterocycles. The Morgan fingerprint density at radius 1 is 0.600 bits per heavy atom. The van der Waals surface area contributed by atoms with E-state index in [0.29, 0.717) is 0 Å². The first-order valence-electron chi connectivity index (χ1n) is 19.6. The van der Waals surface area contributed by atoms with Crippen LogP contribution in [-0.4, -0.2) is 6.85 Å². The zero-order valence-corrected chi connectivity index (χ0v) is 32.6. The highest BCUT2D eigenvalue weighted by Crippen LogP contribution is 2.56. The molecule has 3 nitrogen and oxygen atoms in total. The van der Waals surface area contributed by atoms with Gasteiger partial charge in [0.05, 0.1) is 5.69 Å². The molecule has 11 rings (SSSR count). The monoisotopic (exact) mass is 710 g/mol. The number of fused-ring (bicyclic) bond motifs is 9. The van der Waals surface area contributed by atoms with Gasteiger partial charge in [-0.25, -0.2) is 0 Å². The maximum Gasteiger partial charge on any atom is 0.333 e. The molecule has 0 unspecified atom stereocenters. The molecule has 1 aromatic heterocycles. The van der Waals surface area contributed by atoms with Gasteiger partial charge < -0.3 is 14.1 Å². The molecule has 0 saturated carbocycles. The Bertz CT molecular complexity index is 2910. The quantitative estimate of drug-likeness (QED) is 0.167. The van der Waals surface area contributed by atoms with E-state index in [4.69, 9.17) is 4.42 Å². The van der Waals surface area contributed by atoms with E-state index in [1.165, 1.54) is 89.4 Å². The number of benzene rings is 7. The molecule has 266 valence electrons. The lowest BCUT2D eigenvalue weighted by Gasteiger charge is -2.50. The number of nitrogens with zero attached hydrogens (tertiary/aromatic N) is 2. The first-order valence-corrected chi connectivity index (χ1v) is 19.6. The van der Waals surface area contributed by atoms with E-state index in [9.17, 15) is 0 Å². The van der Waals surface area contributed by atoms with Crippen LogP contribution in [0, 0.1) is 13.8 Å². The molecule has 0 bridgehead atoms. The lowest BCUT2D eigenvalue weighted by molar-refractivity contribution is 0.590. The van der Waals surface area contributed by atoms with E-state index >= 15 is 0 Å². The zero-order chi connectivity index (χ0) is 37.5. The molecule has 8 aromatic rings. The first kappa shape index (κ1) is 32.4. The average molecular weight is 711 g/mol. The molecule has 0 aliphatic carbocycles. The number of hydrogen-bond acceptors (Lipinski definition) is 3. The van der Waals surface area contributed by atoms with Gasteiger partial charge in [-0.3, -0.25) is 0 Å². The van der Waals surface area contributed by atoms with Gasteiger partial charge in [0.25, 0.3) is 0 Å². The third-order valence-corrected chi connectivity index (χ3v) is 12.8. The van der Waals surface area contributed by atoms with Gasteiger partial charge in [0.15, 0.2) is 0 Å². The van der Waals surface area contributed by atoms with Crippen LogP contribution in [0.4, 0.5) is 28.4 Å². The SMILES string of the molecule is Cc1cccc(C)c1-c1cc2c3c(c1)N1c4ccccc4C(C)(C)c4cccc(c41)B3N(c1ccc(C(C)(C)C)cc1)c1cc3c(cc1-2)oc1ccccc13. The molecular formula is C51H43BN2O. The van der Waals surface area contributed by atoms with Crippen molar-refractivity contribution in [3.63, 3.8) is 0 Å². The average Bonchev–Trinajstić information content (AvgIpc) is 3.54. The van der Waals surface area contributed by atoms with Gasteiger partial charge >= 0.3 is 6.85 Å². The second-order valence-electron chi connectivity index (χ2n) is 17.5. The molecule has 0 atom stereocenters. The van der Waals surface area contributed by atoms with Gasteiger partial charge in [-0.05, 0) is 123 Å². The molecule has 0 amide bonds. The van der Waals surface area contributed by atoms with Crippen LogP contribution < -0.4 is 20.6 Å².